The van der Waals surface area contributed by atoms with Gasteiger partial charge in [0.2, 0.25) is 0 Å². The molecule has 1 heterocycles. The molecule has 0 unspecified atom stereocenters. The zero-order valence-electron chi connectivity index (χ0n) is 10.6. The van der Waals surface area contributed by atoms with E-state index in [0.29, 0.717) is 27.2 Å². The van der Waals surface area contributed by atoms with Gasteiger partial charge in [0.05, 0.1) is 11.2 Å². The summed E-state index contributed by atoms with van der Waals surface area (Å²) in [5, 5.41) is 0.667. The lowest BCUT2D eigenvalue weighted by Crippen LogP contribution is -1.96. The zero-order valence-corrected chi connectivity index (χ0v) is 13.7. The van der Waals surface area contributed by atoms with Crippen molar-refractivity contribution in [3.63, 3.8) is 0 Å². The van der Waals surface area contributed by atoms with Crippen LogP contribution in [0.4, 0.5) is 0 Å². The van der Waals surface area contributed by atoms with Gasteiger partial charge in [0.15, 0.2) is 0 Å². The Labute approximate surface area is 139 Å². The number of carbonyl (C=O) groups excluding carboxylic acids is 1. The molecule has 2 aromatic carbocycles. The monoisotopic (exact) mass is 379 g/mol. The Bertz CT molecular complexity index is 864. The minimum Gasteiger partial charge on any atom is -0.276 e. The van der Waals surface area contributed by atoms with Crippen molar-refractivity contribution in [3.8, 4) is 11.3 Å². The third kappa shape index (κ3) is 2.95. The fraction of sp³-hybridized carbons (Fsp3) is 0. The quantitative estimate of drug-likeness (QED) is 0.534. The summed E-state index contributed by atoms with van der Waals surface area (Å²) in [5.41, 5.74) is 2.68. The van der Waals surface area contributed by atoms with Gasteiger partial charge in [-0.2, -0.15) is 0 Å². The van der Waals surface area contributed by atoms with Gasteiger partial charge < -0.3 is 0 Å². The second kappa shape index (κ2) is 5.76. The number of halogens is 3. The summed E-state index contributed by atoms with van der Waals surface area (Å²) in [6, 6.07) is 14.6. The topological polar surface area (TPSA) is 30.0 Å². The highest BCUT2D eigenvalue weighted by atomic mass is 79.9. The van der Waals surface area contributed by atoms with E-state index in [0.717, 1.165) is 10.0 Å². The molecule has 21 heavy (non-hydrogen) atoms. The largest absolute Gasteiger partial charge is 0.276 e. The van der Waals surface area contributed by atoms with E-state index < -0.39 is 5.24 Å². The smallest absolute Gasteiger partial charge is 0.253 e. The molecule has 0 spiro atoms. The standard InChI is InChI=1S/C16H8BrCl2NO/c17-10-3-1-2-9(6-10)15-8-13(16(19)21)12-7-11(18)4-5-14(12)20-15/h1-8H. The second-order valence-electron chi connectivity index (χ2n) is 4.50. The molecular weight excluding hydrogens is 373 g/mol. The normalized spacial score (nSPS) is 10.8. The van der Waals surface area contributed by atoms with E-state index in [2.05, 4.69) is 20.9 Å². The first kappa shape index (κ1) is 14.5. The third-order valence-electron chi connectivity index (χ3n) is 3.10. The minimum absolute atomic E-state index is 0.402. The number of pyridine rings is 1. The number of hydrogen-bond donors (Lipinski definition) is 0. The summed E-state index contributed by atoms with van der Waals surface area (Å²) in [4.78, 5) is 16.3. The minimum atomic E-state index is -0.527. The van der Waals surface area contributed by atoms with E-state index in [-0.39, 0.29) is 0 Å². The summed E-state index contributed by atoms with van der Waals surface area (Å²) in [6.45, 7) is 0. The van der Waals surface area contributed by atoms with Crippen molar-refractivity contribution in [1.29, 1.82) is 0 Å². The Hall–Kier alpha value is -1.42. The lowest BCUT2D eigenvalue weighted by atomic mass is 10.0. The summed E-state index contributed by atoms with van der Waals surface area (Å²) < 4.78 is 0.941. The number of aromatic nitrogens is 1. The highest BCUT2D eigenvalue weighted by Crippen LogP contribution is 2.29. The van der Waals surface area contributed by atoms with E-state index in [1.165, 1.54) is 0 Å². The molecule has 0 amide bonds. The average Bonchev–Trinajstić information content (AvgIpc) is 2.46. The van der Waals surface area contributed by atoms with Crippen LogP contribution < -0.4 is 0 Å². The van der Waals surface area contributed by atoms with Crippen LogP contribution in [0.15, 0.2) is 53.0 Å². The molecular formula is C16H8BrCl2NO. The molecule has 0 aliphatic rings. The van der Waals surface area contributed by atoms with Crippen LogP contribution in [0.2, 0.25) is 5.02 Å². The van der Waals surface area contributed by atoms with Crippen LogP contribution in [-0.4, -0.2) is 10.2 Å². The van der Waals surface area contributed by atoms with Crippen molar-refractivity contribution in [2.45, 2.75) is 0 Å². The van der Waals surface area contributed by atoms with Gasteiger partial charge in [0, 0.05) is 26.0 Å². The molecule has 0 saturated heterocycles. The first-order chi connectivity index (χ1) is 10.0. The van der Waals surface area contributed by atoms with E-state index in [4.69, 9.17) is 23.2 Å². The first-order valence-electron chi connectivity index (χ1n) is 6.11. The lowest BCUT2D eigenvalue weighted by molar-refractivity contribution is 0.108. The summed E-state index contributed by atoms with van der Waals surface area (Å²) in [7, 11) is 0. The lowest BCUT2D eigenvalue weighted by Gasteiger charge is -2.08. The Morgan fingerprint density at radius 1 is 1.10 bits per heavy atom. The van der Waals surface area contributed by atoms with Gasteiger partial charge in [-0.15, -0.1) is 0 Å². The van der Waals surface area contributed by atoms with Crippen molar-refractivity contribution < 1.29 is 4.79 Å². The second-order valence-corrected chi connectivity index (χ2v) is 6.20. The van der Waals surface area contributed by atoms with Crippen molar-refractivity contribution in [3.05, 3.63) is 63.6 Å². The Morgan fingerprint density at radius 3 is 2.62 bits per heavy atom. The van der Waals surface area contributed by atoms with Crippen LogP contribution >= 0.6 is 39.1 Å². The van der Waals surface area contributed by atoms with Crippen LogP contribution in [-0.2, 0) is 0 Å². The molecule has 3 rings (SSSR count). The fourth-order valence-electron chi connectivity index (χ4n) is 2.16. The number of hydrogen-bond acceptors (Lipinski definition) is 2. The van der Waals surface area contributed by atoms with Crippen LogP contribution in [0, 0.1) is 0 Å². The van der Waals surface area contributed by atoms with Gasteiger partial charge in [-0.1, -0.05) is 39.7 Å². The highest BCUT2D eigenvalue weighted by molar-refractivity contribution is 9.10. The average molecular weight is 381 g/mol. The van der Waals surface area contributed by atoms with Gasteiger partial charge in [-0.25, -0.2) is 4.98 Å². The van der Waals surface area contributed by atoms with Crippen molar-refractivity contribution >= 4 is 55.3 Å². The SMILES string of the molecule is O=C(Cl)c1cc(-c2cccc(Br)c2)nc2ccc(Cl)cc12. The molecule has 0 radical (unpaired) electrons. The summed E-state index contributed by atoms with van der Waals surface area (Å²) in [5.74, 6) is 0. The number of nitrogens with zero attached hydrogens (tertiary/aromatic N) is 1. The molecule has 2 nitrogen and oxygen atoms in total. The van der Waals surface area contributed by atoms with Gasteiger partial charge in [-0.3, -0.25) is 4.79 Å². The number of carbonyl (C=O) groups is 1. The van der Waals surface area contributed by atoms with E-state index in [1.54, 1.807) is 24.3 Å². The molecule has 0 fully saturated rings. The molecule has 3 aromatic rings. The van der Waals surface area contributed by atoms with Gasteiger partial charge in [-0.05, 0) is 48.0 Å². The summed E-state index contributed by atoms with van der Waals surface area (Å²) >= 11 is 15.1. The predicted octanol–water partition coefficient (Wildman–Crippen LogP) is 5.70. The molecule has 0 atom stereocenters. The summed E-state index contributed by atoms with van der Waals surface area (Å²) in [6.07, 6.45) is 0. The Balaban J connectivity index is 2.31. The van der Waals surface area contributed by atoms with E-state index >= 15 is 0 Å². The maximum Gasteiger partial charge on any atom is 0.253 e. The van der Waals surface area contributed by atoms with Crippen molar-refractivity contribution in [2.24, 2.45) is 0 Å². The Kier molecular flexibility index (Phi) is 3.98. The Morgan fingerprint density at radius 2 is 1.90 bits per heavy atom. The molecule has 0 N–H and O–H groups in total. The first-order valence-corrected chi connectivity index (χ1v) is 7.65. The number of rotatable bonds is 2. The van der Waals surface area contributed by atoms with Gasteiger partial charge >= 0.3 is 0 Å². The molecule has 0 bridgehead atoms. The predicted molar refractivity (Wildman–Crippen MR) is 90.1 cm³/mol. The molecule has 104 valence electrons. The van der Waals surface area contributed by atoms with Crippen LogP contribution in [0.25, 0.3) is 22.2 Å². The van der Waals surface area contributed by atoms with Gasteiger partial charge in [0.1, 0.15) is 0 Å². The maximum atomic E-state index is 11.7. The van der Waals surface area contributed by atoms with E-state index in [9.17, 15) is 4.79 Å². The fourth-order valence-corrected chi connectivity index (χ4v) is 2.88. The molecule has 0 aliphatic carbocycles. The van der Waals surface area contributed by atoms with Gasteiger partial charge in [0.25, 0.3) is 5.24 Å². The van der Waals surface area contributed by atoms with Crippen LogP contribution in [0.3, 0.4) is 0 Å². The number of fused-ring (bicyclic) bond motifs is 1. The molecule has 5 heteroatoms. The van der Waals surface area contributed by atoms with Crippen molar-refractivity contribution in [2.75, 3.05) is 0 Å². The maximum absolute atomic E-state index is 11.7. The molecule has 0 saturated carbocycles. The third-order valence-corrected chi connectivity index (χ3v) is 4.03. The highest BCUT2D eigenvalue weighted by Gasteiger charge is 2.12. The van der Waals surface area contributed by atoms with E-state index in [1.807, 2.05) is 24.3 Å². The molecule has 1 aromatic heterocycles. The molecule has 0 aliphatic heterocycles. The van der Waals surface area contributed by atoms with Crippen LogP contribution in [0.5, 0.6) is 0 Å². The zero-order chi connectivity index (χ0) is 15.0. The van der Waals surface area contributed by atoms with Crippen molar-refractivity contribution in [1.82, 2.24) is 4.98 Å². The number of benzene rings is 2. The van der Waals surface area contributed by atoms with Crippen LogP contribution in [0.1, 0.15) is 10.4 Å².